The summed E-state index contributed by atoms with van der Waals surface area (Å²) >= 11 is 0. The second-order valence-electron chi connectivity index (χ2n) is 6.83. The van der Waals surface area contributed by atoms with Crippen molar-refractivity contribution < 1.29 is 0 Å². The van der Waals surface area contributed by atoms with E-state index in [1.807, 2.05) is 36.4 Å². The summed E-state index contributed by atoms with van der Waals surface area (Å²) in [4.78, 5) is 20.7. The predicted octanol–water partition coefficient (Wildman–Crippen LogP) is 2.86. The average Bonchev–Trinajstić information content (AvgIpc) is 2.68. The van der Waals surface area contributed by atoms with E-state index in [-0.39, 0.29) is 36.4 Å². The smallest absolute Gasteiger partial charge is 0.266 e. The molecular weight excluding hydrogens is 411 g/mol. The molecule has 0 unspecified atom stereocenters. The lowest BCUT2D eigenvalue weighted by molar-refractivity contribution is 0.345. The van der Waals surface area contributed by atoms with Crippen LogP contribution in [-0.2, 0) is 6.54 Å². The van der Waals surface area contributed by atoms with Crippen LogP contribution in [0.25, 0.3) is 11.3 Å². The van der Waals surface area contributed by atoms with Crippen molar-refractivity contribution in [1.29, 1.82) is 0 Å². The molecule has 2 heterocycles. The van der Waals surface area contributed by atoms with E-state index in [1.165, 1.54) is 4.68 Å². The maximum Gasteiger partial charge on any atom is 0.266 e. The van der Waals surface area contributed by atoms with Gasteiger partial charge in [-0.15, -0.1) is 24.8 Å². The summed E-state index contributed by atoms with van der Waals surface area (Å²) in [5, 5.41) is 7.72. The Balaban J connectivity index is 0.00000150. The van der Waals surface area contributed by atoms with Crippen molar-refractivity contribution in [3.63, 3.8) is 0 Å². The third-order valence-electron chi connectivity index (χ3n) is 4.85. The van der Waals surface area contributed by atoms with E-state index < -0.39 is 0 Å². The Morgan fingerprint density at radius 1 is 1.07 bits per heavy atom. The van der Waals surface area contributed by atoms with Gasteiger partial charge < -0.3 is 11.1 Å². The highest BCUT2D eigenvalue weighted by Crippen LogP contribution is 2.34. The number of hydrogen-bond acceptors (Lipinski definition) is 6. The summed E-state index contributed by atoms with van der Waals surface area (Å²) in [6.07, 6.45) is 3.52. The fourth-order valence-corrected chi connectivity index (χ4v) is 3.26. The first kappa shape index (κ1) is 22.8. The van der Waals surface area contributed by atoms with E-state index in [1.54, 1.807) is 18.5 Å². The van der Waals surface area contributed by atoms with Gasteiger partial charge in [0.1, 0.15) is 12.1 Å². The molecular formula is C20H24Cl2N6O. The van der Waals surface area contributed by atoms with Crippen LogP contribution in [-0.4, -0.2) is 32.3 Å². The van der Waals surface area contributed by atoms with E-state index in [0.717, 1.165) is 35.6 Å². The monoisotopic (exact) mass is 434 g/mol. The van der Waals surface area contributed by atoms with Gasteiger partial charge in [0, 0.05) is 41.9 Å². The van der Waals surface area contributed by atoms with Crippen LogP contribution in [0.4, 0.5) is 5.82 Å². The minimum atomic E-state index is -0.122. The largest absolute Gasteiger partial charge is 0.368 e. The lowest BCUT2D eigenvalue weighted by atomic mass is 9.79. The van der Waals surface area contributed by atoms with Crippen molar-refractivity contribution in [1.82, 2.24) is 19.7 Å². The van der Waals surface area contributed by atoms with Gasteiger partial charge in [-0.25, -0.2) is 14.6 Å². The van der Waals surface area contributed by atoms with Gasteiger partial charge >= 0.3 is 0 Å². The molecule has 0 spiro atoms. The summed E-state index contributed by atoms with van der Waals surface area (Å²) in [7, 11) is 0. The molecule has 1 aliphatic carbocycles. The Hall–Kier alpha value is -2.48. The van der Waals surface area contributed by atoms with E-state index in [2.05, 4.69) is 20.4 Å². The molecule has 1 saturated carbocycles. The lowest BCUT2D eigenvalue weighted by Crippen LogP contribution is -2.35. The number of benzene rings is 1. The fraction of sp³-hybridized carbons (Fsp3) is 0.300. The van der Waals surface area contributed by atoms with E-state index >= 15 is 0 Å². The van der Waals surface area contributed by atoms with E-state index in [4.69, 9.17) is 5.73 Å². The maximum absolute atomic E-state index is 12.1. The molecule has 154 valence electrons. The van der Waals surface area contributed by atoms with Crippen LogP contribution in [0, 0.1) is 0 Å². The predicted molar refractivity (Wildman–Crippen MR) is 119 cm³/mol. The summed E-state index contributed by atoms with van der Waals surface area (Å²) in [6, 6.07) is 15.4. The molecule has 7 nitrogen and oxygen atoms in total. The zero-order valence-electron chi connectivity index (χ0n) is 15.8. The third-order valence-corrected chi connectivity index (χ3v) is 4.85. The summed E-state index contributed by atoms with van der Waals surface area (Å²) < 4.78 is 1.47. The first-order chi connectivity index (χ1) is 13.2. The second kappa shape index (κ2) is 10.3. The molecule has 1 aromatic carbocycles. The van der Waals surface area contributed by atoms with Crippen LogP contribution in [0.5, 0.6) is 0 Å². The molecule has 3 N–H and O–H groups in total. The van der Waals surface area contributed by atoms with Crippen molar-refractivity contribution >= 4 is 30.6 Å². The molecule has 2 aromatic heterocycles. The summed E-state index contributed by atoms with van der Waals surface area (Å²) in [5.41, 5.74) is 8.52. The van der Waals surface area contributed by atoms with Crippen molar-refractivity contribution in [3.05, 3.63) is 70.9 Å². The SMILES string of the molecule is Cl.Cl.NC1CC(c2cc(NCCn3nc(-c4ccccc4)ccc3=O)ncn2)C1. The van der Waals surface area contributed by atoms with E-state index in [0.29, 0.717) is 19.0 Å². The number of nitrogens with zero attached hydrogens (tertiary/aromatic N) is 4. The summed E-state index contributed by atoms with van der Waals surface area (Å²) in [5.74, 6) is 1.18. The quantitative estimate of drug-likeness (QED) is 0.618. The Labute approximate surface area is 181 Å². The van der Waals surface area contributed by atoms with Gasteiger partial charge in [-0.2, -0.15) is 5.10 Å². The maximum atomic E-state index is 12.1. The summed E-state index contributed by atoms with van der Waals surface area (Å²) in [6.45, 7) is 0.999. The van der Waals surface area contributed by atoms with Crippen LogP contribution < -0.4 is 16.6 Å². The highest BCUT2D eigenvalue weighted by atomic mass is 35.5. The third kappa shape index (κ3) is 5.53. The van der Waals surface area contributed by atoms with Crippen LogP contribution in [0.15, 0.2) is 59.7 Å². The number of hydrogen-bond donors (Lipinski definition) is 2. The molecule has 29 heavy (non-hydrogen) atoms. The zero-order valence-corrected chi connectivity index (χ0v) is 17.4. The average molecular weight is 435 g/mol. The van der Waals surface area contributed by atoms with Crippen LogP contribution in [0.3, 0.4) is 0 Å². The van der Waals surface area contributed by atoms with Gasteiger partial charge in [0.15, 0.2) is 0 Å². The first-order valence-electron chi connectivity index (χ1n) is 9.14. The number of nitrogens with two attached hydrogens (primary N) is 1. The highest BCUT2D eigenvalue weighted by Gasteiger charge is 2.28. The molecule has 0 bridgehead atoms. The fourth-order valence-electron chi connectivity index (χ4n) is 3.26. The van der Waals surface area contributed by atoms with E-state index in [9.17, 15) is 4.79 Å². The Bertz CT molecular complexity index is 976. The minimum absolute atomic E-state index is 0. The number of nitrogens with one attached hydrogen (secondary N) is 1. The van der Waals surface area contributed by atoms with Gasteiger partial charge in [-0.05, 0) is 18.9 Å². The molecule has 9 heteroatoms. The normalized spacial score (nSPS) is 17.4. The zero-order chi connectivity index (χ0) is 18.6. The lowest BCUT2D eigenvalue weighted by Gasteiger charge is -2.31. The van der Waals surface area contributed by atoms with Crippen molar-refractivity contribution in [3.8, 4) is 11.3 Å². The number of aromatic nitrogens is 4. The van der Waals surface area contributed by atoms with Gasteiger partial charge in [-0.3, -0.25) is 4.79 Å². The van der Waals surface area contributed by atoms with Crippen LogP contribution in [0.2, 0.25) is 0 Å². The molecule has 3 aromatic rings. The molecule has 0 aliphatic heterocycles. The highest BCUT2D eigenvalue weighted by molar-refractivity contribution is 5.85. The number of anilines is 1. The van der Waals surface area contributed by atoms with Crippen LogP contribution >= 0.6 is 24.8 Å². The van der Waals surface area contributed by atoms with Crippen molar-refractivity contribution in [2.45, 2.75) is 31.3 Å². The second-order valence-corrected chi connectivity index (χ2v) is 6.83. The topological polar surface area (TPSA) is 98.7 Å². The molecule has 1 aliphatic rings. The van der Waals surface area contributed by atoms with Gasteiger partial charge in [0.25, 0.3) is 5.56 Å². The van der Waals surface area contributed by atoms with Crippen LogP contribution in [0.1, 0.15) is 24.5 Å². The Kier molecular flexibility index (Phi) is 8.13. The molecule has 4 rings (SSSR count). The molecule has 1 fully saturated rings. The number of rotatable bonds is 6. The van der Waals surface area contributed by atoms with Crippen molar-refractivity contribution in [2.24, 2.45) is 5.73 Å². The standard InChI is InChI=1S/C20H22N6O.2ClH/c21-16-10-15(11-16)18-12-19(24-13-23-18)22-8-9-26-20(27)7-6-17(25-26)14-4-2-1-3-5-14;;/h1-7,12-13,15-16H,8-11,21H2,(H,22,23,24);2*1H. The molecule has 0 amide bonds. The molecule has 0 saturated heterocycles. The molecule has 0 radical (unpaired) electrons. The van der Waals surface area contributed by atoms with Gasteiger partial charge in [0.05, 0.1) is 12.2 Å². The molecule has 0 atom stereocenters. The number of halogens is 2. The van der Waals surface area contributed by atoms with Gasteiger partial charge in [0.2, 0.25) is 0 Å². The van der Waals surface area contributed by atoms with Crippen molar-refractivity contribution in [2.75, 3.05) is 11.9 Å². The first-order valence-corrected chi connectivity index (χ1v) is 9.14. The van der Waals surface area contributed by atoms with Gasteiger partial charge in [-0.1, -0.05) is 30.3 Å². The Morgan fingerprint density at radius 2 is 1.83 bits per heavy atom. The Morgan fingerprint density at radius 3 is 2.55 bits per heavy atom. The minimum Gasteiger partial charge on any atom is -0.368 e.